The Bertz CT molecular complexity index is 1180. The number of aliphatic hydroxyl groups excluding tert-OH is 1. The molecule has 15 nitrogen and oxygen atoms in total. The van der Waals surface area contributed by atoms with E-state index in [4.69, 9.17) is 61.9 Å². The topological polar surface area (TPSA) is 151 Å². The van der Waals surface area contributed by atoms with Gasteiger partial charge in [-0.15, -0.1) is 0 Å². The van der Waals surface area contributed by atoms with E-state index in [1.165, 1.54) is 27.2 Å². The maximum atomic E-state index is 12.6. The zero-order valence-electron chi connectivity index (χ0n) is 32.6. The van der Waals surface area contributed by atoms with Crippen LogP contribution in [0.15, 0.2) is 48.5 Å². The van der Waals surface area contributed by atoms with Gasteiger partial charge >= 0.3 is 6.09 Å². The van der Waals surface area contributed by atoms with Crippen LogP contribution in [0.2, 0.25) is 0 Å². The standard InChI is InChI=1S/C40H63NO14/c1-41(40(43)55-34-39-37-8-4-2-6-35(37)36-7-3-5-9-38(36)39)10-12-44-14-16-46-18-20-48-22-24-50-26-28-52-30-32-54-33-31-53-29-27-51-25-23-49-21-19-47-17-15-45-13-11-42/h2-9,39,42H,10-34H2,1H3. The molecule has 0 radical (unpaired) electrons. The Morgan fingerprint density at radius 2 is 0.764 bits per heavy atom. The Morgan fingerprint density at radius 1 is 0.473 bits per heavy atom. The molecule has 0 unspecified atom stereocenters. The number of hydrogen-bond donors (Lipinski definition) is 1. The zero-order chi connectivity index (χ0) is 38.9. The summed E-state index contributed by atoms with van der Waals surface area (Å²) in [6.45, 7) is 11.1. The number of benzene rings is 2. The number of carbonyl (C=O) groups excluding carboxylic acids is 1. The number of rotatable bonds is 37. The van der Waals surface area contributed by atoms with E-state index >= 15 is 0 Å². The molecule has 0 aromatic heterocycles. The number of ether oxygens (including phenoxy) is 12. The van der Waals surface area contributed by atoms with Crippen molar-refractivity contribution in [3.8, 4) is 11.1 Å². The van der Waals surface area contributed by atoms with Crippen molar-refractivity contribution < 1.29 is 66.7 Å². The van der Waals surface area contributed by atoms with Crippen LogP contribution in [-0.4, -0.2) is 188 Å². The van der Waals surface area contributed by atoms with Crippen molar-refractivity contribution in [1.82, 2.24) is 4.90 Å². The number of hydrogen-bond acceptors (Lipinski definition) is 14. The van der Waals surface area contributed by atoms with Crippen LogP contribution >= 0.6 is 0 Å². The monoisotopic (exact) mass is 781 g/mol. The van der Waals surface area contributed by atoms with Crippen LogP contribution in [0.5, 0.6) is 0 Å². The van der Waals surface area contributed by atoms with E-state index in [1.807, 2.05) is 24.3 Å². The summed E-state index contributed by atoms with van der Waals surface area (Å²) in [6.07, 6.45) is -0.366. The van der Waals surface area contributed by atoms with Gasteiger partial charge in [-0.25, -0.2) is 4.79 Å². The highest BCUT2D eigenvalue weighted by Crippen LogP contribution is 2.44. The van der Waals surface area contributed by atoms with E-state index in [9.17, 15) is 4.79 Å². The zero-order valence-corrected chi connectivity index (χ0v) is 32.6. The van der Waals surface area contributed by atoms with Gasteiger partial charge in [-0.2, -0.15) is 0 Å². The summed E-state index contributed by atoms with van der Waals surface area (Å²) < 4.78 is 65.6. The average Bonchev–Trinajstić information content (AvgIpc) is 3.53. The third-order valence-electron chi connectivity index (χ3n) is 8.17. The second-order valence-corrected chi connectivity index (χ2v) is 12.2. The Labute approximate surface area is 326 Å². The van der Waals surface area contributed by atoms with Gasteiger partial charge in [0.1, 0.15) is 6.61 Å². The Balaban J connectivity index is 0.967. The molecule has 1 N–H and O–H groups in total. The lowest BCUT2D eigenvalue weighted by Gasteiger charge is -2.19. The predicted molar refractivity (Wildman–Crippen MR) is 204 cm³/mol. The van der Waals surface area contributed by atoms with Crippen molar-refractivity contribution in [2.45, 2.75) is 5.92 Å². The maximum Gasteiger partial charge on any atom is 0.409 e. The summed E-state index contributed by atoms with van der Waals surface area (Å²) in [7, 11) is 1.71. The first kappa shape index (κ1) is 46.6. The molecule has 0 spiro atoms. The molecular formula is C40H63NO14. The average molecular weight is 782 g/mol. The molecule has 0 aliphatic heterocycles. The van der Waals surface area contributed by atoms with Crippen molar-refractivity contribution in [3.63, 3.8) is 0 Å². The van der Waals surface area contributed by atoms with E-state index in [0.717, 1.165) is 0 Å². The normalized spacial score (nSPS) is 12.3. The van der Waals surface area contributed by atoms with Gasteiger partial charge in [-0.05, 0) is 22.3 Å². The first-order valence-corrected chi connectivity index (χ1v) is 19.2. The predicted octanol–water partition coefficient (Wildman–Crippen LogP) is 3.04. The van der Waals surface area contributed by atoms with Crippen LogP contribution in [0.25, 0.3) is 11.1 Å². The van der Waals surface area contributed by atoms with Crippen molar-refractivity contribution in [1.29, 1.82) is 0 Å². The summed E-state index contributed by atoms with van der Waals surface area (Å²) in [5.41, 5.74) is 4.79. The van der Waals surface area contributed by atoms with E-state index in [2.05, 4.69) is 24.3 Å². The largest absolute Gasteiger partial charge is 0.448 e. The maximum absolute atomic E-state index is 12.6. The smallest absolute Gasteiger partial charge is 0.409 e. The number of nitrogens with zero attached hydrogens (tertiary/aromatic N) is 1. The van der Waals surface area contributed by atoms with Crippen molar-refractivity contribution in [2.24, 2.45) is 0 Å². The van der Waals surface area contributed by atoms with Gasteiger partial charge in [-0.3, -0.25) is 0 Å². The number of fused-ring (bicyclic) bond motifs is 3. The molecule has 312 valence electrons. The minimum atomic E-state index is -0.366. The van der Waals surface area contributed by atoms with Gasteiger partial charge in [0, 0.05) is 19.5 Å². The molecular weight excluding hydrogens is 718 g/mol. The molecule has 0 saturated carbocycles. The van der Waals surface area contributed by atoms with E-state index in [0.29, 0.717) is 159 Å². The molecule has 3 rings (SSSR count). The highest BCUT2D eigenvalue weighted by molar-refractivity contribution is 5.79. The summed E-state index contributed by atoms with van der Waals surface area (Å²) >= 11 is 0. The lowest BCUT2D eigenvalue weighted by atomic mass is 9.98. The van der Waals surface area contributed by atoms with Crippen LogP contribution < -0.4 is 0 Å². The van der Waals surface area contributed by atoms with Crippen LogP contribution in [0, 0.1) is 0 Å². The molecule has 55 heavy (non-hydrogen) atoms. The lowest BCUT2D eigenvalue weighted by Crippen LogP contribution is -2.32. The first-order valence-electron chi connectivity index (χ1n) is 19.2. The number of aliphatic hydroxyl groups is 1. The van der Waals surface area contributed by atoms with Crippen LogP contribution in [0.1, 0.15) is 17.0 Å². The fourth-order valence-corrected chi connectivity index (χ4v) is 5.36. The Kier molecular flexibility index (Phi) is 27.4. The van der Waals surface area contributed by atoms with E-state index in [1.54, 1.807) is 7.05 Å². The molecule has 0 saturated heterocycles. The number of carbonyl (C=O) groups is 1. The van der Waals surface area contributed by atoms with Gasteiger partial charge in [0.2, 0.25) is 0 Å². The molecule has 1 aliphatic carbocycles. The molecule has 0 heterocycles. The fourth-order valence-electron chi connectivity index (χ4n) is 5.36. The summed E-state index contributed by atoms with van der Waals surface area (Å²) in [6, 6.07) is 16.6. The molecule has 1 amide bonds. The lowest BCUT2D eigenvalue weighted by molar-refractivity contribution is -0.0279. The summed E-state index contributed by atoms with van der Waals surface area (Å²) in [5, 5.41) is 8.60. The van der Waals surface area contributed by atoms with E-state index in [-0.39, 0.29) is 18.6 Å². The molecule has 1 aliphatic rings. The number of amides is 1. The van der Waals surface area contributed by atoms with Gasteiger partial charge in [0.15, 0.2) is 0 Å². The quantitative estimate of drug-likeness (QED) is 0.100. The second kappa shape index (κ2) is 32.3. The minimum Gasteiger partial charge on any atom is -0.448 e. The van der Waals surface area contributed by atoms with E-state index < -0.39 is 0 Å². The van der Waals surface area contributed by atoms with Crippen molar-refractivity contribution >= 4 is 6.09 Å². The van der Waals surface area contributed by atoms with Crippen LogP contribution in [0.4, 0.5) is 4.79 Å². The molecule has 0 fully saturated rings. The second-order valence-electron chi connectivity index (χ2n) is 12.2. The fraction of sp³-hybridized carbons (Fsp3) is 0.675. The van der Waals surface area contributed by atoms with Gasteiger partial charge in [-0.1, -0.05) is 48.5 Å². The third kappa shape index (κ3) is 21.4. The van der Waals surface area contributed by atoms with Crippen molar-refractivity contribution in [2.75, 3.05) is 172 Å². The molecule has 0 bridgehead atoms. The van der Waals surface area contributed by atoms with Crippen LogP contribution in [-0.2, 0) is 56.8 Å². The highest BCUT2D eigenvalue weighted by Gasteiger charge is 2.29. The van der Waals surface area contributed by atoms with Gasteiger partial charge in [0.25, 0.3) is 0 Å². The van der Waals surface area contributed by atoms with Gasteiger partial charge in [0.05, 0.1) is 152 Å². The molecule has 2 aromatic rings. The molecule has 15 heteroatoms. The van der Waals surface area contributed by atoms with Crippen LogP contribution in [0.3, 0.4) is 0 Å². The van der Waals surface area contributed by atoms with Gasteiger partial charge < -0.3 is 66.8 Å². The Morgan fingerprint density at radius 3 is 1.09 bits per heavy atom. The summed E-state index contributed by atoms with van der Waals surface area (Å²) in [4.78, 5) is 14.1. The summed E-state index contributed by atoms with van der Waals surface area (Å²) in [5.74, 6) is 0.0365. The number of likely N-dealkylation sites (N-methyl/N-ethyl adjacent to an activating group) is 1. The third-order valence-corrected chi connectivity index (χ3v) is 8.17. The molecule has 0 atom stereocenters. The highest BCUT2D eigenvalue weighted by atomic mass is 16.6. The SMILES string of the molecule is CN(CCOCCOCCOCCOCCOCCOCCOCCOCCOCCOCCOCCO)C(=O)OCC1c2ccccc2-c2ccccc21. The van der Waals surface area contributed by atoms with Crippen molar-refractivity contribution in [3.05, 3.63) is 59.7 Å². The Hall–Kier alpha value is -2.77. The minimum absolute atomic E-state index is 0.0203. The first-order chi connectivity index (χ1) is 27.2. The molecule has 2 aromatic carbocycles.